The molecule has 0 aliphatic heterocycles. The number of carbonyl (C=O) groups excluding carboxylic acids is 2. The quantitative estimate of drug-likeness (QED) is 0.788. The number of esters is 1. The van der Waals surface area contributed by atoms with Crippen LogP contribution in [0.3, 0.4) is 0 Å². The minimum atomic E-state index is -0.588. The minimum Gasteiger partial charge on any atom is -0.496 e. The zero-order valence-corrected chi connectivity index (χ0v) is 15.9. The molecule has 0 bridgehead atoms. The lowest BCUT2D eigenvalue weighted by molar-refractivity contribution is -0.119. The van der Waals surface area contributed by atoms with Gasteiger partial charge in [0.1, 0.15) is 11.3 Å². The van der Waals surface area contributed by atoms with Crippen molar-refractivity contribution in [3.05, 3.63) is 58.7 Å². The maximum atomic E-state index is 12.3. The normalized spacial score (nSPS) is 10.5. The highest BCUT2D eigenvalue weighted by Crippen LogP contribution is 2.27. The maximum absolute atomic E-state index is 12.3. The van der Waals surface area contributed by atoms with E-state index in [2.05, 4.69) is 19.2 Å². The van der Waals surface area contributed by atoms with E-state index >= 15 is 0 Å². The molecule has 0 fully saturated rings. The fourth-order valence-corrected chi connectivity index (χ4v) is 2.71. The number of para-hydroxylation sites is 1. The van der Waals surface area contributed by atoms with E-state index in [-0.39, 0.29) is 18.4 Å². The number of rotatable bonds is 6. The van der Waals surface area contributed by atoms with Gasteiger partial charge in [-0.15, -0.1) is 0 Å². The van der Waals surface area contributed by atoms with Gasteiger partial charge in [0.25, 0.3) is 5.91 Å². The number of amides is 1. The van der Waals surface area contributed by atoms with Crippen LogP contribution in [0.15, 0.2) is 36.4 Å². The number of benzene rings is 2. The summed E-state index contributed by atoms with van der Waals surface area (Å²) in [7, 11) is 1.49. The molecule has 0 saturated carbocycles. The highest BCUT2D eigenvalue weighted by Gasteiger charge is 2.17. The third-order valence-electron chi connectivity index (χ3n) is 4.10. The number of hydrogen-bond acceptors (Lipinski definition) is 4. The predicted molar refractivity (Wildman–Crippen MR) is 102 cm³/mol. The largest absolute Gasteiger partial charge is 0.496 e. The Bertz CT molecular complexity index is 812. The molecule has 0 spiro atoms. The van der Waals surface area contributed by atoms with Crippen molar-refractivity contribution in [2.45, 2.75) is 33.6 Å². The van der Waals surface area contributed by atoms with Gasteiger partial charge in [0.05, 0.1) is 7.11 Å². The summed E-state index contributed by atoms with van der Waals surface area (Å²) in [6.07, 6.45) is 0. The van der Waals surface area contributed by atoms with Crippen molar-refractivity contribution in [2.24, 2.45) is 0 Å². The van der Waals surface area contributed by atoms with Gasteiger partial charge in [-0.2, -0.15) is 0 Å². The summed E-state index contributed by atoms with van der Waals surface area (Å²) in [5.41, 5.74) is 4.00. The van der Waals surface area contributed by atoms with Crippen LogP contribution < -0.4 is 10.1 Å². The van der Waals surface area contributed by atoms with E-state index in [1.807, 2.05) is 38.1 Å². The molecular formula is C21H25NO4. The molecule has 1 N–H and O–H groups in total. The zero-order chi connectivity index (χ0) is 19.3. The highest BCUT2D eigenvalue weighted by atomic mass is 16.5. The van der Waals surface area contributed by atoms with E-state index in [1.165, 1.54) is 7.11 Å². The summed E-state index contributed by atoms with van der Waals surface area (Å²) < 4.78 is 10.3. The SMILES string of the molecule is COc1ccc(C)cc1C(=O)OCC(=O)Nc1c(C)cccc1C(C)C. The second-order valence-corrected chi connectivity index (χ2v) is 6.52. The van der Waals surface area contributed by atoms with E-state index < -0.39 is 5.97 Å². The Kier molecular flexibility index (Phi) is 6.39. The van der Waals surface area contributed by atoms with Crippen LogP contribution in [-0.4, -0.2) is 25.6 Å². The summed E-state index contributed by atoms with van der Waals surface area (Å²) >= 11 is 0. The number of ether oxygens (including phenoxy) is 2. The third kappa shape index (κ3) is 4.63. The van der Waals surface area contributed by atoms with Gasteiger partial charge in [-0.1, -0.05) is 43.7 Å². The van der Waals surface area contributed by atoms with E-state index in [9.17, 15) is 9.59 Å². The van der Waals surface area contributed by atoms with E-state index in [1.54, 1.807) is 12.1 Å². The Labute approximate surface area is 154 Å². The molecule has 0 atom stereocenters. The van der Waals surface area contributed by atoms with Crippen molar-refractivity contribution in [1.82, 2.24) is 0 Å². The molecule has 0 heterocycles. The summed E-state index contributed by atoms with van der Waals surface area (Å²) in [6, 6.07) is 11.1. The maximum Gasteiger partial charge on any atom is 0.342 e. The highest BCUT2D eigenvalue weighted by molar-refractivity contribution is 5.97. The number of methoxy groups -OCH3 is 1. The first-order valence-corrected chi connectivity index (χ1v) is 8.54. The van der Waals surface area contributed by atoms with Gasteiger partial charge in [-0.05, 0) is 43.0 Å². The van der Waals surface area contributed by atoms with Crippen LogP contribution in [0.25, 0.3) is 0 Å². The summed E-state index contributed by atoms with van der Waals surface area (Å²) in [4.78, 5) is 24.6. The Morgan fingerprint density at radius 2 is 1.85 bits per heavy atom. The summed E-state index contributed by atoms with van der Waals surface area (Å²) in [6.45, 7) is 7.57. The zero-order valence-electron chi connectivity index (χ0n) is 15.9. The standard InChI is InChI=1S/C21H25NO4/c1-13(2)16-8-6-7-15(4)20(16)22-19(23)12-26-21(24)17-11-14(3)9-10-18(17)25-5/h6-11,13H,12H2,1-5H3,(H,22,23). The Balaban J connectivity index is 2.06. The van der Waals surface area contributed by atoms with Crippen LogP contribution in [-0.2, 0) is 9.53 Å². The van der Waals surface area contributed by atoms with E-state index in [4.69, 9.17) is 9.47 Å². The lowest BCUT2D eigenvalue weighted by atomic mass is 9.98. The van der Waals surface area contributed by atoms with Gasteiger partial charge in [0.15, 0.2) is 6.61 Å². The fourth-order valence-electron chi connectivity index (χ4n) is 2.71. The molecule has 0 saturated heterocycles. The van der Waals surface area contributed by atoms with Crippen molar-refractivity contribution in [1.29, 1.82) is 0 Å². The fraction of sp³-hybridized carbons (Fsp3) is 0.333. The summed E-state index contributed by atoms with van der Waals surface area (Å²) in [5, 5.41) is 2.86. The number of nitrogens with one attached hydrogen (secondary N) is 1. The Hall–Kier alpha value is -2.82. The number of hydrogen-bond donors (Lipinski definition) is 1. The molecule has 2 aromatic rings. The first-order valence-electron chi connectivity index (χ1n) is 8.54. The molecule has 2 rings (SSSR count). The molecule has 5 nitrogen and oxygen atoms in total. The van der Waals surface area contributed by atoms with Crippen LogP contribution in [0, 0.1) is 13.8 Å². The second kappa shape index (κ2) is 8.52. The molecule has 26 heavy (non-hydrogen) atoms. The van der Waals surface area contributed by atoms with Crippen LogP contribution in [0.1, 0.15) is 46.8 Å². The average molecular weight is 355 g/mol. The predicted octanol–water partition coefficient (Wildman–Crippen LogP) is 4.23. The van der Waals surface area contributed by atoms with Crippen molar-refractivity contribution in [3.63, 3.8) is 0 Å². The van der Waals surface area contributed by atoms with Crippen molar-refractivity contribution < 1.29 is 19.1 Å². The molecule has 0 aliphatic rings. The van der Waals surface area contributed by atoms with Gasteiger partial charge in [-0.3, -0.25) is 4.79 Å². The third-order valence-corrected chi connectivity index (χ3v) is 4.10. The molecule has 138 valence electrons. The van der Waals surface area contributed by atoms with Crippen LogP contribution in [0.4, 0.5) is 5.69 Å². The lowest BCUT2D eigenvalue weighted by Gasteiger charge is -2.16. The average Bonchev–Trinajstić information content (AvgIpc) is 2.61. The van der Waals surface area contributed by atoms with Crippen molar-refractivity contribution in [3.8, 4) is 5.75 Å². The smallest absolute Gasteiger partial charge is 0.342 e. The molecule has 0 radical (unpaired) electrons. The van der Waals surface area contributed by atoms with Crippen LogP contribution in [0.2, 0.25) is 0 Å². The molecule has 0 aromatic heterocycles. The molecular weight excluding hydrogens is 330 g/mol. The van der Waals surface area contributed by atoms with E-state index in [0.717, 1.165) is 22.4 Å². The minimum absolute atomic E-state index is 0.268. The monoisotopic (exact) mass is 355 g/mol. The van der Waals surface area contributed by atoms with Crippen molar-refractivity contribution in [2.75, 3.05) is 19.0 Å². The Morgan fingerprint density at radius 1 is 1.12 bits per heavy atom. The number of carbonyl (C=O) groups is 2. The first-order chi connectivity index (χ1) is 12.3. The second-order valence-electron chi connectivity index (χ2n) is 6.52. The molecule has 0 aliphatic carbocycles. The van der Waals surface area contributed by atoms with Gasteiger partial charge < -0.3 is 14.8 Å². The number of anilines is 1. The topological polar surface area (TPSA) is 64.6 Å². The van der Waals surface area contributed by atoms with E-state index in [0.29, 0.717) is 11.3 Å². The molecule has 2 aromatic carbocycles. The van der Waals surface area contributed by atoms with Gasteiger partial charge in [0, 0.05) is 5.69 Å². The Morgan fingerprint density at radius 3 is 2.50 bits per heavy atom. The van der Waals surface area contributed by atoms with Crippen LogP contribution in [0.5, 0.6) is 5.75 Å². The lowest BCUT2D eigenvalue weighted by Crippen LogP contribution is -2.22. The molecule has 0 unspecified atom stereocenters. The first kappa shape index (κ1) is 19.5. The van der Waals surface area contributed by atoms with Crippen LogP contribution >= 0.6 is 0 Å². The van der Waals surface area contributed by atoms with Crippen molar-refractivity contribution >= 4 is 17.6 Å². The number of aryl methyl sites for hydroxylation is 2. The van der Waals surface area contributed by atoms with Gasteiger partial charge in [-0.25, -0.2) is 4.79 Å². The molecule has 1 amide bonds. The molecule has 5 heteroatoms. The summed E-state index contributed by atoms with van der Waals surface area (Å²) in [5.74, 6) is -0.276. The van der Waals surface area contributed by atoms with Gasteiger partial charge >= 0.3 is 5.97 Å². The van der Waals surface area contributed by atoms with Gasteiger partial charge in [0.2, 0.25) is 0 Å².